The Morgan fingerprint density at radius 3 is 2.74 bits per heavy atom. The zero-order valence-electron chi connectivity index (χ0n) is 14.9. The maximum absolute atomic E-state index is 12.7. The summed E-state index contributed by atoms with van der Waals surface area (Å²) in [6.45, 7) is 4.98. The maximum atomic E-state index is 12.7. The van der Waals surface area contributed by atoms with Crippen molar-refractivity contribution in [3.8, 4) is 0 Å². The van der Waals surface area contributed by atoms with Gasteiger partial charge in [0.25, 0.3) is 11.8 Å². The van der Waals surface area contributed by atoms with Gasteiger partial charge in [-0.25, -0.2) is 0 Å². The van der Waals surface area contributed by atoms with Gasteiger partial charge < -0.3 is 15.1 Å². The monoisotopic (exact) mass is 390 g/mol. The minimum Gasteiger partial charge on any atom is -0.467 e. The summed E-state index contributed by atoms with van der Waals surface area (Å²) < 4.78 is 8.24. The van der Waals surface area contributed by atoms with Crippen LogP contribution in [0.25, 0.3) is 0 Å². The summed E-state index contributed by atoms with van der Waals surface area (Å²) in [6, 6.07) is 3.49. The highest BCUT2D eigenvalue weighted by atomic mass is 35.5. The molecule has 3 heterocycles. The van der Waals surface area contributed by atoms with Crippen LogP contribution in [0.15, 0.2) is 35.2 Å². The Hall–Kier alpha value is -3.07. The van der Waals surface area contributed by atoms with Crippen molar-refractivity contribution in [1.29, 1.82) is 0 Å². The second-order valence-corrected chi connectivity index (χ2v) is 6.03. The number of aromatic nitrogens is 4. The van der Waals surface area contributed by atoms with Crippen molar-refractivity contribution in [1.82, 2.24) is 24.9 Å². The van der Waals surface area contributed by atoms with Crippen molar-refractivity contribution in [2.24, 2.45) is 0 Å². The molecule has 27 heavy (non-hydrogen) atoms. The largest absolute Gasteiger partial charge is 0.467 e. The van der Waals surface area contributed by atoms with Crippen LogP contribution in [0.1, 0.15) is 40.6 Å². The first-order chi connectivity index (χ1) is 13.0. The van der Waals surface area contributed by atoms with E-state index in [-0.39, 0.29) is 23.0 Å². The molecule has 3 rings (SSSR count). The first kappa shape index (κ1) is 18.7. The molecule has 2 amide bonds. The Bertz CT molecular complexity index is 944. The van der Waals surface area contributed by atoms with Gasteiger partial charge in [-0.2, -0.15) is 10.2 Å². The van der Waals surface area contributed by atoms with Gasteiger partial charge >= 0.3 is 0 Å². The van der Waals surface area contributed by atoms with Crippen LogP contribution in [-0.4, -0.2) is 31.4 Å². The molecule has 0 atom stereocenters. The van der Waals surface area contributed by atoms with Gasteiger partial charge in [0.1, 0.15) is 11.5 Å². The number of nitrogens with one attached hydrogen (secondary N) is 2. The number of furan rings is 1. The molecule has 0 saturated heterocycles. The molecule has 0 bridgehead atoms. The molecule has 0 aliphatic heterocycles. The van der Waals surface area contributed by atoms with Gasteiger partial charge in [-0.15, -0.1) is 0 Å². The number of carbonyl (C=O) groups is 2. The SMILES string of the molecule is CCn1cc(NC(=O)c2c(Cl)cnn2CC)c(C(=O)NCc2ccco2)n1. The van der Waals surface area contributed by atoms with E-state index in [1.165, 1.54) is 17.1 Å². The summed E-state index contributed by atoms with van der Waals surface area (Å²) in [5.41, 5.74) is 0.625. The lowest BCUT2D eigenvalue weighted by Crippen LogP contribution is -2.25. The summed E-state index contributed by atoms with van der Waals surface area (Å²) in [7, 11) is 0. The summed E-state index contributed by atoms with van der Waals surface area (Å²) >= 11 is 6.07. The van der Waals surface area contributed by atoms with Gasteiger partial charge in [-0.05, 0) is 26.0 Å². The molecule has 0 radical (unpaired) electrons. The number of amides is 2. The second kappa shape index (κ2) is 8.09. The Labute approximate surface area is 160 Å². The lowest BCUT2D eigenvalue weighted by Gasteiger charge is -2.07. The van der Waals surface area contributed by atoms with Crippen molar-refractivity contribution in [3.63, 3.8) is 0 Å². The van der Waals surface area contributed by atoms with E-state index in [9.17, 15) is 9.59 Å². The quantitative estimate of drug-likeness (QED) is 0.644. The van der Waals surface area contributed by atoms with Gasteiger partial charge in [0, 0.05) is 19.3 Å². The number of halogens is 1. The predicted molar refractivity (Wildman–Crippen MR) is 98.6 cm³/mol. The molecule has 2 N–H and O–H groups in total. The Balaban J connectivity index is 1.80. The fourth-order valence-corrected chi connectivity index (χ4v) is 2.74. The van der Waals surface area contributed by atoms with Gasteiger partial charge in [-0.3, -0.25) is 19.0 Å². The molecule has 0 spiro atoms. The van der Waals surface area contributed by atoms with Crippen LogP contribution >= 0.6 is 11.6 Å². The average molecular weight is 391 g/mol. The van der Waals surface area contributed by atoms with E-state index in [1.807, 2.05) is 13.8 Å². The van der Waals surface area contributed by atoms with Gasteiger partial charge in [0.2, 0.25) is 0 Å². The Kier molecular flexibility index (Phi) is 5.60. The highest BCUT2D eigenvalue weighted by molar-refractivity contribution is 6.34. The smallest absolute Gasteiger partial charge is 0.275 e. The number of hydrogen-bond acceptors (Lipinski definition) is 5. The highest BCUT2D eigenvalue weighted by Gasteiger charge is 2.22. The zero-order valence-corrected chi connectivity index (χ0v) is 15.7. The lowest BCUT2D eigenvalue weighted by atomic mass is 10.3. The number of carbonyl (C=O) groups excluding carboxylic acids is 2. The topological polar surface area (TPSA) is 107 Å². The number of aryl methyl sites for hydroxylation is 2. The first-order valence-corrected chi connectivity index (χ1v) is 8.82. The van der Waals surface area contributed by atoms with Crippen LogP contribution in [0.4, 0.5) is 5.69 Å². The normalized spacial score (nSPS) is 10.8. The van der Waals surface area contributed by atoms with Crippen LogP contribution in [0.5, 0.6) is 0 Å². The molecule has 0 saturated carbocycles. The summed E-state index contributed by atoms with van der Waals surface area (Å²) in [5, 5.41) is 13.9. The highest BCUT2D eigenvalue weighted by Crippen LogP contribution is 2.20. The van der Waals surface area contributed by atoms with E-state index < -0.39 is 11.8 Å². The molecular weight excluding hydrogens is 372 g/mol. The summed E-state index contributed by atoms with van der Waals surface area (Å²) in [5.74, 6) is -0.276. The van der Waals surface area contributed by atoms with Crippen molar-refractivity contribution < 1.29 is 14.0 Å². The van der Waals surface area contributed by atoms with E-state index in [0.29, 0.717) is 24.5 Å². The van der Waals surface area contributed by atoms with E-state index in [4.69, 9.17) is 16.0 Å². The molecular formula is C17H19ClN6O3. The van der Waals surface area contributed by atoms with Gasteiger partial charge in [0.05, 0.1) is 29.7 Å². The predicted octanol–water partition coefficient (Wildman–Crippen LogP) is 2.55. The number of nitrogens with zero attached hydrogens (tertiary/aromatic N) is 4. The third kappa shape index (κ3) is 4.03. The van der Waals surface area contributed by atoms with E-state index in [1.54, 1.807) is 23.0 Å². The van der Waals surface area contributed by atoms with Gasteiger partial charge in [0.15, 0.2) is 5.69 Å². The fraction of sp³-hybridized carbons (Fsp3) is 0.294. The first-order valence-electron chi connectivity index (χ1n) is 8.44. The zero-order chi connectivity index (χ0) is 19.4. The molecule has 3 aromatic heterocycles. The minimum absolute atomic E-state index is 0.107. The molecule has 0 aliphatic carbocycles. The van der Waals surface area contributed by atoms with Crippen molar-refractivity contribution in [2.45, 2.75) is 33.5 Å². The Morgan fingerprint density at radius 2 is 2.07 bits per heavy atom. The third-order valence-corrected chi connectivity index (χ3v) is 4.14. The van der Waals surface area contributed by atoms with Crippen molar-refractivity contribution in [3.05, 3.63) is 53.0 Å². The molecule has 0 unspecified atom stereocenters. The molecule has 0 aliphatic rings. The molecule has 3 aromatic rings. The molecule has 9 nitrogen and oxygen atoms in total. The number of anilines is 1. The average Bonchev–Trinajstić information content (AvgIpc) is 3.39. The summed E-state index contributed by atoms with van der Waals surface area (Å²) in [6.07, 6.45) is 4.53. The molecule has 142 valence electrons. The summed E-state index contributed by atoms with van der Waals surface area (Å²) in [4.78, 5) is 25.2. The van der Waals surface area contributed by atoms with Crippen LogP contribution < -0.4 is 10.6 Å². The standard InChI is InChI=1S/C17H19ClN6O3/c1-3-23-10-13(21-17(26)15-12(18)9-20-24(15)4-2)14(22-23)16(25)19-8-11-6-5-7-27-11/h5-7,9-10H,3-4,8H2,1-2H3,(H,19,25)(H,21,26). The molecule has 0 aromatic carbocycles. The fourth-order valence-electron chi connectivity index (χ4n) is 2.52. The minimum atomic E-state index is -0.463. The van der Waals surface area contributed by atoms with E-state index >= 15 is 0 Å². The lowest BCUT2D eigenvalue weighted by molar-refractivity contribution is 0.0943. The van der Waals surface area contributed by atoms with Gasteiger partial charge in [-0.1, -0.05) is 11.6 Å². The van der Waals surface area contributed by atoms with Crippen LogP contribution in [0.3, 0.4) is 0 Å². The number of hydrogen-bond donors (Lipinski definition) is 2. The third-order valence-electron chi connectivity index (χ3n) is 3.86. The maximum Gasteiger partial charge on any atom is 0.275 e. The van der Waals surface area contributed by atoms with E-state index in [0.717, 1.165) is 0 Å². The van der Waals surface area contributed by atoms with Crippen LogP contribution in [-0.2, 0) is 19.6 Å². The van der Waals surface area contributed by atoms with Crippen LogP contribution in [0, 0.1) is 0 Å². The van der Waals surface area contributed by atoms with E-state index in [2.05, 4.69) is 20.8 Å². The second-order valence-electron chi connectivity index (χ2n) is 5.62. The van der Waals surface area contributed by atoms with Crippen molar-refractivity contribution >= 4 is 29.1 Å². The van der Waals surface area contributed by atoms with Crippen molar-refractivity contribution in [2.75, 3.05) is 5.32 Å². The number of rotatable bonds is 7. The van der Waals surface area contributed by atoms with Crippen LogP contribution in [0.2, 0.25) is 5.02 Å². The Morgan fingerprint density at radius 1 is 1.26 bits per heavy atom. The molecule has 10 heteroatoms. The molecule has 0 fully saturated rings.